The van der Waals surface area contributed by atoms with Crippen molar-refractivity contribution < 1.29 is 13.9 Å². The summed E-state index contributed by atoms with van der Waals surface area (Å²) in [6.07, 6.45) is -2.72. The van der Waals surface area contributed by atoms with Crippen molar-refractivity contribution in [1.29, 1.82) is 5.26 Å². The van der Waals surface area contributed by atoms with Crippen LogP contribution in [0, 0.1) is 11.3 Å². The molecule has 0 saturated carbocycles. The molecule has 0 aliphatic carbocycles. The molecule has 0 spiro atoms. The Morgan fingerprint density at radius 1 is 1.60 bits per heavy atom. The Bertz CT molecular complexity index is 404. The predicted octanol–water partition coefficient (Wildman–Crippen LogP) is 2.28. The van der Waals surface area contributed by atoms with Gasteiger partial charge in [0.2, 0.25) is 0 Å². The second-order valence-electron chi connectivity index (χ2n) is 2.73. The summed E-state index contributed by atoms with van der Waals surface area (Å²) in [5.74, 6) is 0. The van der Waals surface area contributed by atoms with Gasteiger partial charge in [0.25, 0.3) is 6.43 Å². The van der Waals surface area contributed by atoms with Crippen molar-refractivity contribution in [3.63, 3.8) is 0 Å². The molecule has 0 radical (unpaired) electrons. The van der Waals surface area contributed by atoms with E-state index < -0.39 is 13.0 Å². The summed E-state index contributed by atoms with van der Waals surface area (Å²) >= 11 is 3.07. The molecule has 0 fully saturated rings. The Kier molecular flexibility index (Phi) is 4.12. The Morgan fingerprint density at radius 2 is 2.27 bits per heavy atom. The van der Waals surface area contributed by atoms with Gasteiger partial charge in [0, 0.05) is 16.5 Å². The number of aromatic nitrogens is 1. The molecule has 80 valence electrons. The van der Waals surface area contributed by atoms with E-state index in [1.54, 1.807) is 6.07 Å². The van der Waals surface area contributed by atoms with Gasteiger partial charge in [-0.25, -0.2) is 13.8 Å². The maximum Gasteiger partial charge on any atom is 0.264 e. The van der Waals surface area contributed by atoms with Crippen molar-refractivity contribution in [1.82, 2.24) is 4.98 Å². The number of aliphatic hydroxyl groups excluding tert-OH is 1. The molecular formula is C9H7BrF2N2O. The molecular weight excluding hydrogens is 270 g/mol. The van der Waals surface area contributed by atoms with Crippen LogP contribution in [0.3, 0.4) is 0 Å². The number of alkyl halides is 3. The summed E-state index contributed by atoms with van der Waals surface area (Å²) < 4.78 is 25.2. The van der Waals surface area contributed by atoms with E-state index in [1.807, 2.05) is 0 Å². The molecule has 1 rings (SSSR count). The van der Waals surface area contributed by atoms with Gasteiger partial charge < -0.3 is 5.11 Å². The van der Waals surface area contributed by atoms with E-state index in [2.05, 4.69) is 20.9 Å². The third kappa shape index (κ3) is 2.49. The smallest absolute Gasteiger partial charge is 0.264 e. The summed E-state index contributed by atoms with van der Waals surface area (Å²) in [6.45, 7) is -0.515. The lowest BCUT2D eigenvalue weighted by Crippen LogP contribution is -2.04. The topological polar surface area (TPSA) is 56.9 Å². The molecule has 0 bridgehead atoms. The Hall–Kier alpha value is -1.06. The van der Waals surface area contributed by atoms with Gasteiger partial charge >= 0.3 is 0 Å². The number of hydrogen-bond donors (Lipinski definition) is 1. The van der Waals surface area contributed by atoms with Crippen molar-refractivity contribution in [3.05, 3.63) is 28.6 Å². The van der Waals surface area contributed by atoms with Crippen molar-refractivity contribution in [3.8, 4) is 6.07 Å². The number of nitriles is 1. The zero-order valence-electron chi connectivity index (χ0n) is 7.54. The predicted molar refractivity (Wildman–Crippen MR) is 52.5 cm³/mol. The number of pyridine rings is 1. The molecule has 1 heterocycles. The van der Waals surface area contributed by atoms with Crippen LogP contribution in [-0.2, 0) is 11.9 Å². The summed E-state index contributed by atoms with van der Waals surface area (Å²) in [7, 11) is 0. The second kappa shape index (κ2) is 5.14. The lowest BCUT2D eigenvalue weighted by Gasteiger charge is -2.10. The van der Waals surface area contributed by atoms with Gasteiger partial charge in [-0.2, -0.15) is 5.26 Å². The van der Waals surface area contributed by atoms with Gasteiger partial charge in [-0.3, -0.25) is 0 Å². The van der Waals surface area contributed by atoms with E-state index in [-0.39, 0.29) is 27.8 Å². The third-order valence-electron chi connectivity index (χ3n) is 1.88. The molecule has 15 heavy (non-hydrogen) atoms. The van der Waals surface area contributed by atoms with Gasteiger partial charge in [-0.1, -0.05) is 15.9 Å². The third-order valence-corrected chi connectivity index (χ3v) is 2.41. The Labute approximate surface area is 93.5 Å². The van der Waals surface area contributed by atoms with Crippen LogP contribution >= 0.6 is 15.9 Å². The Balaban J connectivity index is 3.40. The van der Waals surface area contributed by atoms with E-state index in [4.69, 9.17) is 10.4 Å². The van der Waals surface area contributed by atoms with Gasteiger partial charge in [-0.05, 0) is 6.07 Å². The summed E-state index contributed by atoms with van der Waals surface area (Å²) in [4.78, 5) is 3.82. The first-order valence-electron chi connectivity index (χ1n) is 4.01. The Morgan fingerprint density at radius 3 is 2.67 bits per heavy atom. The fraction of sp³-hybridized carbons (Fsp3) is 0.333. The number of halogens is 3. The highest BCUT2D eigenvalue weighted by Gasteiger charge is 2.18. The zero-order chi connectivity index (χ0) is 11.4. The molecule has 0 aromatic carbocycles. The molecule has 0 amide bonds. The van der Waals surface area contributed by atoms with Gasteiger partial charge in [0.15, 0.2) is 0 Å². The second-order valence-corrected chi connectivity index (χ2v) is 3.29. The average molecular weight is 277 g/mol. The van der Waals surface area contributed by atoms with Crippen molar-refractivity contribution in [2.45, 2.75) is 18.4 Å². The number of aliphatic hydroxyl groups is 1. The summed E-state index contributed by atoms with van der Waals surface area (Å²) in [6, 6.07) is 2.70. The molecule has 0 aliphatic heterocycles. The number of rotatable bonds is 3. The molecule has 1 aromatic heterocycles. The van der Waals surface area contributed by atoms with Gasteiger partial charge in [-0.15, -0.1) is 0 Å². The minimum Gasteiger partial charge on any atom is -0.392 e. The van der Waals surface area contributed by atoms with E-state index in [1.165, 1.54) is 0 Å². The molecule has 3 nitrogen and oxygen atoms in total. The van der Waals surface area contributed by atoms with Crippen LogP contribution in [0.15, 0.2) is 6.07 Å². The fourth-order valence-corrected chi connectivity index (χ4v) is 1.66. The van der Waals surface area contributed by atoms with Crippen LogP contribution in [0.1, 0.15) is 28.9 Å². The number of nitrogens with zero attached hydrogens (tertiary/aromatic N) is 2. The lowest BCUT2D eigenvalue weighted by atomic mass is 10.1. The molecule has 0 atom stereocenters. The van der Waals surface area contributed by atoms with E-state index >= 15 is 0 Å². The minimum atomic E-state index is -2.72. The van der Waals surface area contributed by atoms with Crippen molar-refractivity contribution in [2.24, 2.45) is 0 Å². The fourth-order valence-electron chi connectivity index (χ4n) is 1.19. The maximum atomic E-state index is 12.6. The number of hydrogen-bond acceptors (Lipinski definition) is 3. The summed E-state index contributed by atoms with van der Waals surface area (Å²) in [5, 5.41) is 17.8. The van der Waals surface area contributed by atoms with Crippen LogP contribution in [-0.4, -0.2) is 10.1 Å². The molecule has 0 aliphatic rings. The largest absolute Gasteiger partial charge is 0.392 e. The summed E-state index contributed by atoms with van der Waals surface area (Å²) in [5.41, 5.74) is -0.0526. The molecule has 1 N–H and O–H groups in total. The van der Waals surface area contributed by atoms with Crippen molar-refractivity contribution in [2.75, 3.05) is 0 Å². The molecule has 6 heteroatoms. The van der Waals surface area contributed by atoms with E-state index in [9.17, 15) is 8.78 Å². The first kappa shape index (κ1) is 12.0. The van der Waals surface area contributed by atoms with E-state index in [0.29, 0.717) is 0 Å². The molecule has 0 unspecified atom stereocenters. The standard InChI is InChI=1S/C9H7BrF2N2O/c10-2-8-7(4-15)6(9(11)12)1-5(3-13)14-8/h1,9,15H,2,4H2. The van der Waals surface area contributed by atoms with Crippen molar-refractivity contribution >= 4 is 15.9 Å². The average Bonchev–Trinajstić information content (AvgIpc) is 2.26. The quantitative estimate of drug-likeness (QED) is 0.862. The van der Waals surface area contributed by atoms with Gasteiger partial charge in [0.05, 0.1) is 12.3 Å². The SMILES string of the molecule is N#Cc1cc(C(F)F)c(CO)c(CBr)n1. The van der Waals surface area contributed by atoms with Crippen LogP contribution in [0.25, 0.3) is 0 Å². The first-order valence-corrected chi connectivity index (χ1v) is 5.14. The highest BCUT2D eigenvalue weighted by molar-refractivity contribution is 9.08. The first-order chi connectivity index (χ1) is 7.13. The highest BCUT2D eigenvalue weighted by Crippen LogP contribution is 2.26. The van der Waals surface area contributed by atoms with Crippen LogP contribution in [0.2, 0.25) is 0 Å². The normalized spacial score (nSPS) is 10.4. The van der Waals surface area contributed by atoms with Crippen LogP contribution in [0.5, 0.6) is 0 Å². The highest BCUT2D eigenvalue weighted by atomic mass is 79.9. The lowest BCUT2D eigenvalue weighted by molar-refractivity contribution is 0.146. The van der Waals surface area contributed by atoms with Crippen LogP contribution in [0.4, 0.5) is 8.78 Å². The van der Waals surface area contributed by atoms with Gasteiger partial charge in [0.1, 0.15) is 11.8 Å². The minimum absolute atomic E-state index is 0.0723. The van der Waals surface area contributed by atoms with E-state index in [0.717, 1.165) is 6.07 Å². The monoisotopic (exact) mass is 276 g/mol. The maximum absolute atomic E-state index is 12.6. The zero-order valence-corrected chi connectivity index (χ0v) is 9.13. The molecule has 1 aromatic rings. The van der Waals surface area contributed by atoms with Crippen LogP contribution < -0.4 is 0 Å². The molecule has 0 saturated heterocycles.